The lowest BCUT2D eigenvalue weighted by Gasteiger charge is -2.25. The van der Waals surface area contributed by atoms with Crippen molar-refractivity contribution in [2.45, 2.75) is 40.3 Å². The molecule has 0 aliphatic heterocycles. The standard InChI is InChI=1S/C13H25N3S/c1-9(2)12(8-16(5)6)14-7-13-15-10(3)11(4)17-13/h9,12,14H,7-8H2,1-6H3. The zero-order chi connectivity index (χ0) is 13.0. The summed E-state index contributed by atoms with van der Waals surface area (Å²) in [5.41, 5.74) is 1.17. The van der Waals surface area contributed by atoms with Crippen molar-refractivity contribution in [3.63, 3.8) is 0 Å². The molecule has 0 saturated carbocycles. The molecule has 0 aliphatic carbocycles. The molecule has 1 N–H and O–H groups in total. The van der Waals surface area contributed by atoms with Crippen LogP contribution in [0.3, 0.4) is 0 Å². The molecule has 0 saturated heterocycles. The minimum Gasteiger partial charge on any atom is -0.308 e. The lowest BCUT2D eigenvalue weighted by molar-refractivity contribution is 0.288. The number of nitrogens with zero attached hydrogens (tertiary/aromatic N) is 2. The van der Waals surface area contributed by atoms with Crippen LogP contribution in [0.2, 0.25) is 0 Å². The minimum absolute atomic E-state index is 0.523. The fourth-order valence-corrected chi connectivity index (χ4v) is 2.62. The highest BCUT2D eigenvalue weighted by atomic mass is 32.1. The van der Waals surface area contributed by atoms with Crippen LogP contribution in [-0.2, 0) is 6.54 Å². The van der Waals surface area contributed by atoms with Crippen molar-refractivity contribution in [1.82, 2.24) is 15.2 Å². The van der Waals surface area contributed by atoms with Gasteiger partial charge < -0.3 is 10.2 Å². The van der Waals surface area contributed by atoms with Gasteiger partial charge in [0.25, 0.3) is 0 Å². The normalized spacial score (nSPS) is 13.6. The maximum atomic E-state index is 4.56. The number of hydrogen-bond acceptors (Lipinski definition) is 4. The summed E-state index contributed by atoms with van der Waals surface area (Å²) in [6.07, 6.45) is 0. The van der Waals surface area contributed by atoms with E-state index in [1.807, 2.05) is 0 Å². The molecule has 1 unspecified atom stereocenters. The maximum Gasteiger partial charge on any atom is 0.107 e. The van der Waals surface area contributed by atoms with Crippen LogP contribution in [0.4, 0.5) is 0 Å². The van der Waals surface area contributed by atoms with Crippen LogP contribution in [0.5, 0.6) is 0 Å². The molecular weight excluding hydrogens is 230 g/mol. The van der Waals surface area contributed by atoms with E-state index >= 15 is 0 Å². The Morgan fingerprint density at radius 2 is 1.94 bits per heavy atom. The van der Waals surface area contributed by atoms with Gasteiger partial charge in [0.1, 0.15) is 5.01 Å². The lowest BCUT2D eigenvalue weighted by atomic mass is 10.0. The number of likely N-dealkylation sites (N-methyl/N-ethyl adjacent to an activating group) is 1. The molecule has 1 aromatic heterocycles. The summed E-state index contributed by atoms with van der Waals surface area (Å²) in [4.78, 5) is 8.12. The van der Waals surface area contributed by atoms with Gasteiger partial charge in [0.15, 0.2) is 0 Å². The summed E-state index contributed by atoms with van der Waals surface area (Å²) < 4.78 is 0. The van der Waals surface area contributed by atoms with Gasteiger partial charge >= 0.3 is 0 Å². The third kappa shape index (κ3) is 4.74. The van der Waals surface area contributed by atoms with E-state index < -0.39 is 0 Å². The summed E-state index contributed by atoms with van der Waals surface area (Å²) in [7, 11) is 4.24. The fourth-order valence-electron chi connectivity index (χ4n) is 1.74. The molecule has 0 aliphatic rings. The van der Waals surface area contributed by atoms with Crippen LogP contribution >= 0.6 is 11.3 Å². The van der Waals surface area contributed by atoms with Crippen LogP contribution in [0.25, 0.3) is 0 Å². The van der Waals surface area contributed by atoms with E-state index in [1.54, 1.807) is 11.3 Å². The van der Waals surface area contributed by atoms with Crippen LogP contribution < -0.4 is 5.32 Å². The zero-order valence-electron chi connectivity index (χ0n) is 11.9. The molecule has 0 radical (unpaired) electrons. The van der Waals surface area contributed by atoms with Gasteiger partial charge in [-0.25, -0.2) is 4.98 Å². The Hall–Kier alpha value is -0.450. The van der Waals surface area contributed by atoms with Gasteiger partial charge in [-0.05, 0) is 33.9 Å². The Bertz CT molecular complexity index is 325. The lowest BCUT2D eigenvalue weighted by Crippen LogP contribution is -2.41. The second-order valence-corrected chi connectivity index (χ2v) is 6.53. The third-order valence-corrected chi connectivity index (χ3v) is 4.03. The highest BCUT2D eigenvalue weighted by Gasteiger charge is 2.14. The Kier molecular flexibility index (Phi) is 5.56. The number of aromatic nitrogens is 1. The van der Waals surface area contributed by atoms with Gasteiger partial charge in [-0.15, -0.1) is 11.3 Å². The van der Waals surface area contributed by atoms with E-state index in [1.165, 1.54) is 15.6 Å². The van der Waals surface area contributed by atoms with E-state index in [9.17, 15) is 0 Å². The van der Waals surface area contributed by atoms with Gasteiger partial charge in [-0.3, -0.25) is 0 Å². The number of rotatable bonds is 6. The average Bonchev–Trinajstić information content (AvgIpc) is 2.52. The summed E-state index contributed by atoms with van der Waals surface area (Å²) in [5, 5.41) is 4.81. The molecule has 17 heavy (non-hydrogen) atoms. The summed E-state index contributed by atoms with van der Waals surface area (Å²) in [5.74, 6) is 0.638. The topological polar surface area (TPSA) is 28.2 Å². The largest absolute Gasteiger partial charge is 0.308 e. The first-order valence-corrected chi connectivity index (χ1v) is 7.02. The monoisotopic (exact) mass is 255 g/mol. The highest BCUT2D eigenvalue weighted by molar-refractivity contribution is 7.11. The molecular formula is C13H25N3S. The zero-order valence-corrected chi connectivity index (χ0v) is 12.7. The minimum atomic E-state index is 0.523. The first-order chi connectivity index (χ1) is 7.90. The Morgan fingerprint density at radius 1 is 1.29 bits per heavy atom. The van der Waals surface area contributed by atoms with E-state index in [0.29, 0.717) is 12.0 Å². The molecule has 98 valence electrons. The van der Waals surface area contributed by atoms with E-state index in [4.69, 9.17) is 0 Å². The van der Waals surface area contributed by atoms with Gasteiger partial charge in [0, 0.05) is 24.0 Å². The molecule has 1 aromatic rings. The second kappa shape index (κ2) is 6.47. The van der Waals surface area contributed by atoms with Crippen molar-refractivity contribution in [2.75, 3.05) is 20.6 Å². The molecule has 3 nitrogen and oxygen atoms in total. The van der Waals surface area contributed by atoms with Crippen molar-refractivity contribution < 1.29 is 0 Å². The van der Waals surface area contributed by atoms with Gasteiger partial charge in [-0.1, -0.05) is 13.8 Å². The smallest absolute Gasteiger partial charge is 0.107 e. The molecule has 1 atom stereocenters. The van der Waals surface area contributed by atoms with Crippen LogP contribution in [0.1, 0.15) is 29.4 Å². The molecule has 1 rings (SSSR count). The molecule has 1 heterocycles. The highest BCUT2D eigenvalue weighted by Crippen LogP contribution is 2.16. The maximum absolute atomic E-state index is 4.56. The molecule has 0 aromatic carbocycles. The number of nitrogens with one attached hydrogen (secondary N) is 1. The van der Waals surface area contributed by atoms with Crippen LogP contribution in [-0.4, -0.2) is 36.6 Å². The van der Waals surface area contributed by atoms with E-state index in [0.717, 1.165) is 13.1 Å². The first-order valence-electron chi connectivity index (χ1n) is 6.21. The van der Waals surface area contributed by atoms with Crippen molar-refractivity contribution in [1.29, 1.82) is 0 Å². The van der Waals surface area contributed by atoms with Crippen LogP contribution in [0.15, 0.2) is 0 Å². The molecule has 4 heteroatoms. The average molecular weight is 255 g/mol. The predicted molar refractivity (Wildman–Crippen MR) is 75.6 cm³/mol. The predicted octanol–water partition coefficient (Wildman–Crippen LogP) is 2.44. The quantitative estimate of drug-likeness (QED) is 0.846. The second-order valence-electron chi connectivity index (χ2n) is 5.24. The Morgan fingerprint density at radius 3 is 2.35 bits per heavy atom. The third-order valence-electron chi connectivity index (χ3n) is 2.95. The Labute approximate surface area is 109 Å². The van der Waals surface area contributed by atoms with Crippen molar-refractivity contribution in [3.05, 3.63) is 15.6 Å². The van der Waals surface area contributed by atoms with Gasteiger partial charge in [-0.2, -0.15) is 0 Å². The molecule has 0 amide bonds. The van der Waals surface area contributed by atoms with Crippen molar-refractivity contribution >= 4 is 11.3 Å². The summed E-state index contributed by atoms with van der Waals surface area (Å²) in [6.45, 7) is 10.7. The van der Waals surface area contributed by atoms with Crippen LogP contribution in [0, 0.1) is 19.8 Å². The SMILES string of the molecule is Cc1nc(CNC(CN(C)C)C(C)C)sc1C. The fraction of sp³-hybridized carbons (Fsp3) is 0.769. The Balaban J connectivity index is 2.51. The summed E-state index contributed by atoms with van der Waals surface area (Å²) in [6, 6.07) is 0.523. The molecule has 0 bridgehead atoms. The molecule has 0 spiro atoms. The number of thiazole rings is 1. The number of hydrogen-bond donors (Lipinski definition) is 1. The number of aryl methyl sites for hydroxylation is 2. The van der Waals surface area contributed by atoms with Crippen molar-refractivity contribution in [2.24, 2.45) is 5.92 Å². The van der Waals surface area contributed by atoms with Gasteiger partial charge in [0.05, 0.1) is 5.69 Å². The van der Waals surface area contributed by atoms with Gasteiger partial charge in [0.2, 0.25) is 0 Å². The molecule has 0 fully saturated rings. The van der Waals surface area contributed by atoms with E-state index in [2.05, 4.69) is 57.0 Å². The summed E-state index contributed by atoms with van der Waals surface area (Å²) >= 11 is 1.80. The van der Waals surface area contributed by atoms with Crippen molar-refractivity contribution in [3.8, 4) is 0 Å². The first kappa shape index (κ1) is 14.6. The van der Waals surface area contributed by atoms with E-state index in [-0.39, 0.29) is 0 Å².